The van der Waals surface area contributed by atoms with Crippen LogP contribution in [0.25, 0.3) is 10.9 Å². The summed E-state index contributed by atoms with van der Waals surface area (Å²) in [6.45, 7) is 6.63. The van der Waals surface area contributed by atoms with Crippen molar-refractivity contribution in [3.63, 3.8) is 0 Å². The minimum atomic E-state index is -3.50. The van der Waals surface area contributed by atoms with E-state index < -0.39 is 39.2 Å². The van der Waals surface area contributed by atoms with Crippen molar-refractivity contribution in [2.45, 2.75) is 75.4 Å². The van der Waals surface area contributed by atoms with E-state index in [1.54, 1.807) is 33.3 Å². The monoisotopic (exact) mass is 589 g/mol. The van der Waals surface area contributed by atoms with E-state index >= 15 is 0 Å². The molecule has 0 bridgehead atoms. The number of nitrogens with one attached hydrogen (secondary N) is 2. The number of halogens is 2. The van der Waals surface area contributed by atoms with Crippen molar-refractivity contribution >= 4 is 39.1 Å². The largest absolute Gasteiger partial charge is 0.338 e. The number of rotatable bonds is 5. The van der Waals surface area contributed by atoms with Gasteiger partial charge >= 0.3 is 5.92 Å². The predicted octanol–water partition coefficient (Wildman–Crippen LogP) is 4.99. The molecule has 0 spiro atoms. The number of hydrogen-bond donors (Lipinski definition) is 4. The van der Waals surface area contributed by atoms with E-state index in [9.17, 15) is 32.7 Å². The third-order valence-electron chi connectivity index (χ3n) is 7.81. The molecule has 1 amide bonds. The number of likely N-dealkylation sites (tertiary alicyclic amines) is 1. The molecule has 0 saturated carbocycles. The Morgan fingerprint density at radius 2 is 1.90 bits per heavy atom. The third kappa shape index (κ3) is 4.97. The molecule has 5 rings (SSSR count). The lowest BCUT2D eigenvalue weighted by Crippen LogP contribution is -2.51. The number of nitrogens with zero attached hydrogens (tertiary/aromatic N) is 5. The normalized spacial score (nSPS) is 19.5. The first kappa shape index (κ1) is 29.0. The molecule has 2 aromatic heterocycles. The van der Waals surface area contributed by atoms with Crippen LogP contribution in [0.2, 0.25) is 0 Å². The van der Waals surface area contributed by atoms with Crippen LogP contribution in [0.15, 0.2) is 40.2 Å². The molecule has 2 aliphatic rings. The summed E-state index contributed by atoms with van der Waals surface area (Å²) >= 11 is 0. The summed E-state index contributed by atoms with van der Waals surface area (Å²) < 4.78 is 52.5. The van der Waals surface area contributed by atoms with Gasteiger partial charge in [0.05, 0.1) is 28.4 Å². The predicted molar refractivity (Wildman–Crippen MR) is 151 cm³/mol. The van der Waals surface area contributed by atoms with E-state index in [1.807, 2.05) is 20.8 Å². The highest BCUT2D eigenvalue weighted by Gasteiger charge is 2.44. The van der Waals surface area contributed by atoms with Crippen LogP contribution in [0.5, 0.6) is 0 Å². The number of carbonyl (C=O) groups is 1. The molecule has 1 saturated heterocycles. The minimum absolute atomic E-state index is 0.0000893. The van der Waals surface area contributed by atoms with Crippen molar-refractivity contribution in [2.75, 3.05) is 18.4 Å². The fourth-order valence-corrected chi connectivity index (χ4v) is 7.75. The lowest BCUT2D eigenvalue weighted by Gasteiger charge is -2.44. The number of amides is 1. The Balaban J connectivity index is 1.52. The second-order valence-electron chi connectivity index (χ2n) is 11.7. The molecule has 0 radical (unpaired) electrons. The molecular weight excluding hydrogens is 556 g/mol. The molecule has 2 aliphatic heterocycles. The smallest absolute Gasteiger partial charge is 0.322 e. The van der Waals surface area contributed by atoms with Crippen LogP contribution in [0.1, 0.15) is 52.5 Å². The standard InChI is InChI=1S/C27H33F2N7O4S/c1-25(2,3)35-16-17-15-18(5-6-20(17)41(35,39)40)32-22-21-19(7-12-31-23(21)37)36(33-22)27(8-11-30)9-13-34(14-10-27)24(38)26(4,28)29/h5-7,12,15,39-40H,8-10,13-14,16H2,1-4H3,(H,31,37)(H,32,33). The average Bonchev–Trinajstić information content (AvgIpc) is 3.39. The second-order valence-corrected chi connectivity index (χ2v) is 13.7. The molecule has 14 heteroatoms. The Kier molecular flexibility index (Phi) is 6.93. The number of nitriles is 1. The van der Waals surface area contributed by atoms with Gasteiger partial charge in [0.2, 0.25) is 0 Å². The van der Waals surface area contributed by atoms with Crippen molar-refractivity contribution in [3.05, 3.63) is 46.4 Å². The van der Waals surface area contributed by atoms with E-state index in [1.165, 1.54) is 6.20 Å². The fourth-order valence-electron chi connectivity index (χ4n) is 5.71. The minimum Gasteiger partial charge on any atom is -0.338 e. The van der Waals surface area contributed by atoms with Gasteiger partial charge in [-0.15, -0.1) is 10.8 Å². The van der Waals surface area contributed by atoms with Crippen molar-refractivity contribution in [1.82, 2.24) is 24.0 Å². The number of alkyl halides is 2. The van der Waals surface area contributed by atoms with Gasteiger partial charge in [0.15, 0.2) is 5.82 Å². The summed E-state index contributed by atoms with van der Waals surface area (Å²) in [6, 6.07) is 8.96. The fraction of sp³-hybridized carbons (Fsp3) is 0.481. The molecule has 4 heterocycles. The Hall–Kier alpha value is -3.51. The van der Waals surface area contributed by atoms with Crippen molar-refractivity contribution in [3.8, 4) is 6.07 Å². The first-order chi connectivity index (χ1) is 19.1. The highest BCUT2D eigenvalue weighted by Crippen LogP contribution is 2.61. The number of benzene rings is 1. The van der Waals surface area contributed by atoms with Gasteiger partial charge in [-0.05, 0) is 63.4 Å². The van der Waals surface area contributed by atoms with Crippen LogP contribution in [0.4, 0.5) is 20.3 Å². The van der Waals surface area contributed by atoms with E-state index in [4.69, 9.17) is 5.10 Å². The van der Waals surface area contributed by atoms with Crippen LogP contribution < -0.4 is 10.9 Å². The molecule has 41 heavy (non-hydrogen) atoms. The van der Waals surface area contributed by atoms with Gasteiger partial charge in [-0.2, -0.15) is 23.4 Å². The Labute approximate surface area is 237 Å². The molecule has 220 valence electrons. The topological polar surface area (TPSA) is 151 Å². The molecule has 1 aromatic carbocycles. The van der Waals surface area contributed by atoms with Gasteiger partial charge in [-0.3, -0.25) is 23.4 Å². The first-order valence-electron chi connectivity index (χ1n) is 13.2. The summed E-state index contributed by atoms with van der Waals surface area (Å²) in [5.74, 6) is -4.52. The van der Waals surface area contributed by atoms with Crippen LogP contribution in [0.3, 0.4) is 0 Å². The third-order valence-corrected chi connectivity index (χ3v) is 10.1. The Morgan fingerprint density at radius 3 is 2.51 bits per heavy atom. The van der Waals surface area contributed by atoms with Crippen molar-refractivity contribution < 1.29 is 22.7 Å². The highest BCUT2D eigenvalue weighted by molar-refractivity contribution is 8.22. The Bertz CT molecular complexity index is 1610. The maximum Gasteiger partial charge on any atom is 0.322 e. The number of fused-ring (bicyclic) bond motifs is 2. The SMILES string of the molecule is CC(F)(F)C(=O)N1CCC(CC#N)(n2nc(Nc3ccc4c(c3)CN(C(C)(C)C)S4(O)O)c3c(=O)[nH]ccc32)CC1. The summed E-state index contributed by atoms with van der Waals surface area (Å²) in [6.07, 6.45) is 1.87. The summed E-state index contributed by atoms with van der Waals surface area (Å²) in [7, 11) is -3.15. The van der Waals surface area contributed by atoms with Crippen LogP contribution >= 0.6 is 10.8 Å². The van der Waals surface area contributed by atoms with Gasteiger partial charge in [0.1, 0.15) is 5.39 Å². The zero-order valence-electron chi connectivity index (χ0n) is 23.2. The Morgan fingerprint density at radius 1 is 1.22 bits per heavy atom. The zero-order valence-corrected chi connectivity index (χ0v) is 24.1. The first-order valence-corrected chi connectivity index (χ1v) is 14.7. The number of anilines is 2. The molecule has 3 aromatic rings. The van der Waals surface area contributed by atoms with E-state index in [-0.39, 0.29) is 43.6 Å². The second kappa shape index (κ2) is 9.80. The summed E-state index contributed by atoms with van der Waals surface area (Å²) in [5, 5.41) is 17.9. The summed E-state index contributed by atoms with van der Waals surface area (Å²) in [5.41, 5.74) is -0.0618. The highest BCUT2D eigenvalue weighted by atomic mass is 32.3. The molecule has 4 N–H and O–H groups in total. The number of pyridine rings is 1. The summed E-state index contributed by atoms with van der Waals surface area (Å²) in [4.78, 5) is 29.4. The number of H-pyrrole nitrogens is 1. The molecule has 11 nitrogen and oxygen atoms in total. The lowest BCUT2D eigenvalue weighted by atomic mass is 9.84. The van der Waals surface area contributed by atoms with Crippen LogP contribution in [-0.2, 0) is 16.9 Å². The number of aromatic nitrogens is 3. The zero-order chi connectivity index (χ0) is 30.0. The maximum absolute atomic E-state index is 13.7. The number of carbonyl (C=O) groups excluding carboxylic acids is 1. The number of aromatic amines is 1. The molecule has 1 fully saturated rings. The molecule has 0 atom stereocenters. The van der Waals surface area contributed by atoms with Crippen LogP contribution in [-0.4, -0.2) is 63.5 Å². The van der Waals surface area contributed by atoms with Gasteiger partial charge < -0.3 is 15.2 Å². The van der Waals surface area contributed by atoms with E-state index in [0.717, 1.165) is 10.5 Å². The molecule has 0 unspecified atom stereocenters. The maximum atomic E-state index is 13.7. The number of piperidine rings is 1. The van der Waals surface area contributed by atoms with Gasteiger partial charge in [-0.25, -0.2) is 0 Å². The molecule has 0 aliphatic carbocycles. The lowest BCUT2D eigenvalue weighted by molar-refractivity contribution is -0.157. The average molecular weight is 590 g/mol. The van der Waals surface area contributed by atoms with E-state index in [0.29, 0.717) is 29.6 Å². The van der Waals surface area contributed by atoms with Gasteiger partial charge in [0.25, 0.3) is 11.5 Å². The van der Waals surface area contributed by atoms with Gasteiger partial charge in [0, 0.05) is 44.0 Å². The van der Waals surface area contributed by atoms with Crippen molar-refractivity contribution in [1.29, 1.82) is 5.26 Å². The van der Waals surface area contributed by atoms with Gasteiger partial charge in [-0.1, -0.05) is 0 Å². The van der Waals surface area contributed by atoms with Crippen molar-refractivity contribution in [2.24, 2.45) is 0 Å². The molecular formula is C27H33F2N7O4S. The van der Waals surface area contributed by atoms with Crippen LogP contribution in [0, 0.1) is 11.3 Å². The number of hydrogen-bond acceptors (Lipinski definition) is 8. The van der Waals surface area contributed by atoms with E-state index in [2.05, 4.69) is 16.4 Å². The quantitative estimate of drug-likeness (QED) is 0.325.